The van der Waals surface area contributed by atoms with Crippen LogP contribution in [0.4, 0.5) is 16.3 Å². The van der Waals surface area contributed by atoms with Crippen molar-refractivity contribution in [3.05, 3.63) is 59.7 Å². The summed E-state index contributed by atoms with van der Waals surface area (Å²) in [5, 5.41) is 7.25. The van der Waals surface area contributed by atoms with Crippen LogP contribution in [-0.2, 0) is 0 Å². The maximum absolute atomic E-state index is 12.6. The smallest absolute Gasteiger partial charge is 0.321 e. The minimum absolute atomic E-state index is 0.0657. The van der Waals surface area contributed by atoms with E-state index in [1.54, 1.807) is 10.9 Å². The molecule has 0 aliphatic carbocycles. The molecule has 150 valence electrons. The van der Waals surface area contributed by atoms with Crippen molar-refractivity contribution in [1.29, 1.82) is 0 Å². The molecule has 0 spiro atoms. The topological polar surface area (TPSA) is 79.2 Å². The number of aromatic nitrogens is 4. The van der Waals surface area contributed by atoms with E-state index in [4.69, 9.17) is 0 Å². The zero-order valence-corrected chi connectivity index (χ0v) is 17.0. The molecule has 1 aliphatic rings. The predicted octanol–water partition coefficient (Wildman–Crippen LogP) is 2.94. The van der Waals surface area contributed by atoms with Gasteiger partial charge in [0.25, 0.3) is 0 Å². The highest BCUT2D eigenvalue weighted by Gasteiger charge is 2.23. The summed E-state index contributed by atoms with van der Waals surface area (Å²) in [5.41, 5.74) is 3.21. The van der Waals surface area contributed by atoms with Crippen molar-refractivity contribution in [3.8, 4) is 5.82 Å². The van der Waals surface area contributed by atoms with Gasteiger partial charge >= 0.3 is 6.03 Å². The van der Waals surface area contributed by atoms with E-state index in [1.165, 1.54) is 11.1 Å². The van der Waals surface area contributed by atoms with Gasteiger partial charge in [0.1, 0.15) is 11.6 Å². The van der Waals surface area contributed by atoms with Crippen molar-refractivity contribution in [2.75, 3.05) is 36.4 Å². The Morgan fingerprint density at radius 1 is 0.966 bits per heavy atom. The van der Waals surface area contributed by atoms with Gasteiger partial charge in [-0.15, -0.1) is 0 Å². The van der Waals surface area contributed by atoms with Crippen LogP contribution in [0.25, 0.3) is 5.82 Å². The third kappa shape index (κ3) is 4.21. The SMILES string of the molecule is Cc1nc(N2CCN(C(=O)Nc3ccc(C)c(C)c3)CC2)cc(-n2cccn2)n1. The van der Waals surface area contributed by atoms with E-state index < -0.39 is 0 Å². The molecular formula is C21H25N7O. The number of carbonyl (C=O) groups is 1. The highest BCUT2D eigenvalue weighted by molar-refractivity contribution is 5.89. The summed E-state index contributed by atoms with van der Waals surface area (Å²) < 4.78 is 1.73. The van der Waals surface area contributed by atoms with Crippen LogP contribution in [0.5, 0.6) is 0 Å². The molecule has 3 heterocycles. The highest BCUT2D eigenvalue weighted by Crippen LogP contribution is 2.19. The molecule has 1 saturated heterocycles. The fourth-order valence-corrected chi connectivity index (χ4v) is 3.38. The number of anilines is 2. The van der Waals surface area contributed by atoms with Gasteiger partial charge in [-0.1, -0.05) is 6.07 Å². The van der Waals surface area contributed by atoms with Gasteiger partial charge in [0, 0.05) is 50.3 Å². The Morgan fingerprint density at radius 3 is 2.41 bits per heavy atom. The van der Waals surface area contributed by atoms with Crippen LogP contribution in [0, 0.1) is 20.8 Å². The summed E-state index contributed by atoms with van der Waals surface area (Å²) >= 11 is 0. The number of hydrogen-bond donors (Lipinski definition) is 1. The summed E-state index contributed by atoms with van der Waals surface area (Å²) in [6.07, 6.45) is 3.59. The molecule has 0 saturated carbocycles. The van der Waals surface area contributed by atoms with E-state index in [1.807, 2.05) is 55.3 Å². The molecule has 1 N–H and O–H groups in total. The van der Waals surface area contributed by atoms with Gasteiger partial charge in [0.05, 0.1) is 0 Å². The number of rotatable bonds is 3. The molecule has 0 radical (unpaired) electrons. The fraction of sp³-hybridized carbons (Fsp3) is 0.333. The molecule has 2 aromatic heterocycles. The molecule has 0 bridgehead atoms. The molecule has 8 heteroatoms. The highest BCUT2D eigenvalue weighted by atomic mass is 16.2. The standard InChI is InChI=1S/C21H25N7O/c1-15-5-6-18(13-16(15)2)25-21(29)27-11-9-26(10-12-27)19-14-20(24-17(3)23-19)28-8-4-7-22-28/h4-8,13-14H,9-12H2,1-3H3,(H,25,29). The van der Waals surface area contributed by atoms with Crippen LogP contribution in [0.15, 0.2) is 42.7 Å². The van der Waals surface area contributed by atoms with Crippen molar-refractivity contribution < 1.29 is 4.79 Å². The molecule has 1 aromatic carbocycles. The molecular weight excluding hydrogens is 366 g/mol. The van der Waals surface area contributed by atoms with Crippen LogP contribution in [0.2, 0.25) is 0 Å². The van der Waals surface area contributed by atoms with E-state index in [2.05, 4.69) is 32.2 Å². The molecule has 29 heavy (non-hydrogen) atoms. The molecule has 0 atom stereocenters. The van der Waals surface area contributed by atoms with E-state index in [9.17, 15) is 4.79 Å². The lowest BCUT2D eigenvalue weighted by molar-refractivity contribution is 0.208. The van der Waals surface area contributed by atoms with Gasteiger partial charge in [0.15, 0.2) is 5.82 Å². The second kappa shape index (κ2) is 7.90. The number of benzene rings is 1. The van der Waals surface area contributed by atoms with Gasteiger partial charge in [-0.25, -0.2) is 19.4 Å². The number of urea groups is 1. The Kier molecular flexibility index (Phi) is 5.16. The molecule has 1 aliphatic heterocycles. The lowest BCUT2D eigenvalue weighted by atomic mass is 10.1. The molecule has 4 rings (SSSR count). The first-order valence-electron chi connectivity index (χ1n) is 9.73. The summed E-state index contributed by atoms with van der Waals surface area (Å²) in [6, 6.07) is 9.71. The van der Waals surface area contributed by atoms with Crippen LogP contribution < -0.4 is 10.2 Å². The van der Waals surface area contributed by atoms with Crippen molar-refractivity contribution >= 4 is 17.5 Å². The molecule has 8 nitrogen and oxygen atoms in total. The molecule has 3 aromatic rings. The normalized spacial score (nSPS) is 14.2. The predicted molar refractivity (Wildman–Crippen MR) is 113 cm³/mol. The number of carbonyl (C=O) groups excluding carboxylic acids is 1. The maximum atomic E-state index is 12.6. The number of amides is 2. The van der Waals surface area contributed by atoms with Gasteiger partial charge in [-0.05, 0) is 50.1 Å². The zero-order valence-electron chi connectivity index (χ0n) is 17.0. The second-order valence-corrected chi connectivity index (χ2v) is 7.29. The van der Waals surface area contributed by atoms with Crippen LogP contribution in [-0.4, -0.2) is 56.9 Å². The quantitative estimate of drug-likeness (QED) is 0.743. The average molecular weight is 391 g/mol. The Hall–Kier alpha value is -3.42. The first-order valence-corrected chi connectivity index (χ1v) is 9.73. The summed E-state index contributed by atoms with van der Waals surface area (Å²) in [6.45, 7) is 8.69. The Balaban J connectivity index is 1.40. The first kappa shape index (κ1) is 18.9. The number of nitrogens with one attached hydrogen (secondary N) is 1. The first-order chi connectivity index (χ1) is 14.0. The van der Waals surface area contributed by atoms with Crippen LogP contribution in [0.3, 0.4) is 0 Å². The Labute approximate surface area is 170 Å². The van der Waals surface area contributed by atoms with Gasteiger partial charge < -0.3 is 15.1 Å². The van der Waals surface area contributed by atoms with Crippen molar-refractivity contribution in [3.63, 3.8) is 0 Å². The Bertz CT molecular complexity index is 1010. The average Bonchev–Trinajstić information content (AvgIpc) is 3.25. The summed E-state index contributed by atoms with van der Waals surface area (Å²) in [7, 11) is 0. The van der Waals surface area contributed by atoms with Crippen molar-refractivity contribution in [2.24, 2.45) is 0 Å². The van der Waals surface area contributed by atoms with E-state index in [0.29, 0.717) is 18.9 Å². The van der Waals surface area contributed by atoms with Gasteiger partial charge in [-0.2, -0.15) is 5.10 Å². The van der Waals surface area contributed by atoms with Crippen molar-refractivity contribution in [1.82, 2.24) is 24.6 Å². The largest absolute Gasteiger partial charge is 0.353 e. The van der Waals surface area contributed by atoms with Gasteiger partial charge in [-0.3, -0.25) is 0 Å². The fourth-order valence-electron chi connectivity index (χ4n) is 3.38. The summed E-state index contributed by atoms with van der Waals surface area (Å²) in [4.78, 5) is 25.7. The summed E-state index contributed by atoms with van der Waals surface area (Å²) in [5.74, 6) is 2.30. The maximum Gasteiger partial charge on any atom is 0.321 e. The van der Waals surface area contributed by atoms with Crippen molar-refractivity contribution in [2.45, 2.75) is 20.8 Å². The third-order valence-corrected chi connectivity index (χ3v) is 5.20. The monoisotopic (exact) mass is 391 g/mol. The zero-order chi connectivity index (χ0) is 20.4. The van der Waals surface area contributed by atoms with E-state index in [-0.39, 0.29) is 6.03 Å². The Morgan fingerprint density at radius 2 is 1.72 bits per heavy atom. The van der Waals surface area contributed by atoms with Gasteiger partial charge in [0.2, 0.25) is 0 Å². The van der Waals surface area contributed by atoms with Crippen LogP contribution in [0.1, 0.15) is 17.0 Å². The molecule has 2 amide bonds. The minimum Gasteiger partial charge on any atom is -0.353 e. The number of aryl methyl sites for hydroxylation is 3. The lowest BCUT2D eigenvalue weighted by Crippen LogP contribution is -2.50. The number of piperazine rings is 1. The van der Waals surface area contributed by atoms with E-state index in [0.717, 1.165) is 30.4 Å². The molecule has 0 unspecified atom stereocenters. The minimum atomic E-state index is -0.0657. The number of nitrogens with zero attached hydrogens (tertiary/aromatic N) is 6. The van der Waals surface area contributed by atoms with E-state index >= 15 is 0 Å². The number of hydrogen-bond acceptors (Lipinski definition) is 5. The van der Waals surface area contributed by atoms with Crippen LogP contribution >= 0.6 is 0 Å². The third-order valence-electron chi connectivity index (χ3n) is 5.20. The molecule has 1 fully saturated rings. The lowest BCUT2D eigenvalue weighted by Gasteiger charge is -2.35. The second-order valence-electron chi connectivity index (χ2n) is 7.29.